The largest absolute Gasteiger partial charge is 0.466 e. The van der Waals surface area contributed by atoms with Crippen molar-refractivity contribution < 1.29 is 24.5 Å². The van der Waals surface area contributed by atoms with Crippen molar-refractivity contribution in [3.63, 3.8) is 0 Å². The number of carbonyl (C=O) groups is 2. The van der Waals surface area contributed by atoms with Gasteiger partial charge in [0.15, 0.2) is 0 Å². The van der Waals surface area contributed by atoms with Gasteiger partial charge in [0.2, 0.25) is 5.91 Å². The lowest BCUT2D eigenvalue weighted by Crippen LogP contribution is -2.45. The number of esters is 1. The first kappa shape index (κ1) is 55.6. The lowest BCUT2D eigenvalue weighted by Gasteiger charge is -2.20. The van der Waals surface area contributed by atoms with Crippen molar-refractivity contribution in [3.8, 4) is 0 Å². The zero-order chi connectivity index (χ0) is 41.5. The second-order valence-electron chi connectivity index (χ2n) is 17.5. The number of hydrogen-bond donors (Lipinski definition) is 3. The van der Waals surface area contributed by atoms with Crippen LogP contribution in [-0.2, 0) is 14.3 Å². The van der Waals surface area contributed by atoms with Gasteiger partial charge in [0.25, 0.3) is 0 Å². The summed E-state index contributed by atoms with van der Waals surface area (Å²) in [5.41, 5.74) is 0. The summed E-state index contributed by atoms with van der Waals surface area (Å²) in [7, 11) is 0. The van der Waals surface area contributed by atoms with E-state index in [1.165, 1.54) is 193 Å². The lowest BCUT2D eigenvalue weighted by atomic mass is 10.0. The van der Waals surface area contributed by atoms with Gasteiger partial charge >= 0.3 is 5.97 Å². The van der Waals surface area contributed by atoms with E-state index in [2.05, 4.69) is 19.2 Å². The summed E-state index contributed by atoms with van der Waals surface area (Å²) >= 11 is 0. The van der Waals surface area contributed by atoms with E-state index in [0.717, 1.165) is 57.8 Å². The molecule has 0 aliphatic rings. The summed E-state index contributed by atoms with van der Waals surface area (Å²) in [6, 6.07) is -0.636. The van der Waals surface area contributed by atoms with Gasteiger partial charge in [-0.25, -0.2) is 0 Å². The van der Waals surface area contributed by atoms with E-state index in [-0.39, 0.29) is 18.5 Å². The molecule has 0 aromatic rings. The summed E-state index contributed by atoms with van der Waals surface area (Å²) < 4.78 is 5.47. The van der Waals surface area contributed by atoms with Crippen LogP contribution in [0.5, 0.6) is 0 Å². The van der Waals surface area contributed by atoms with Crippen LogP contribution < -0.4 is 5.32 Å². The molecule has 0 radical (unpaired) electrons. The Balaban J connectivity index is 3.44. The van der Waals surface area contributed by atoms with Gasteiger partial charge < -0.3 is 20.3 Å². The maximum atomic E-state index is 12.4. The molecule has 338 valence electrons. The minimum absolute atomic E-state index is 0.00715. The number of allylic oxidation sites excluding steroid dienone is 1. The van der Waals surface area contributed by atoms with Crippen molar-refractivity contribution in [2.75, 3.05) is 13.2 Å². The molecule has 0 aromatic carbocycles. The standard InChI is InChI=1S/C51H99NO5/c1-3-5-7-9-11-13-15-16-17-18-19-20-25-29-33-37-41-45-51(56)57-46-42-38-34-30-26-22-21-24-28-32-36-40-44-50(55)52-48(47-53)49(54)43-39-35-31-27-23-14-12-10-8-6-4-2/h39,43,48-49,53-54H,3-38,40-42,44-47H2,1-2H3,(H,52,55)/b43-39+. The Morgan fingerprint density at radius 1 is 0.474 bits per heavy atom. The Labute approximate surface area is 355 Å². The van der Waals surface area contributed by atoms with Gasteiger partial charge in [0, 0.05) is 12.8 Å². The molecule has 2 atom stereocenters. The molecule has 0 fully saturated rings. The highest BCUT2D eigenvalue weighted by atomic mass is 16.5. The van der Waals surface area contributed by atoms with Gasteiger partial charge in [-0.05, 0) is 32.1 Å². The van der Waals surface area contributed by atoms with E-state index < -0.39 is 12.1 Å². The van der Waals surface area contributed by atoms with Crippen molar-refractivity contribution in [2.24, 2.45) is 0 Å². The minimum atomic E-state index is -0.852. The molecule has 1 amide bonds. The zero-order valence-electron chi connectivity index (χ0n) is 38.3. The number of hydrogen-bond acceptors (Lipinski definition) is 5. The predicted molar refractivity (Wildman–Crippen MR) is 246 cm³/mol. The number of unbranched alkanes of at least 4 members (excludes halogenated alkanes) is 36. The van der Waals surface area contributed by atoms with Crippen molar-refractivity contribution in [1.82, 2.24) is 5.32 Å². The summed E-state index contributed by atoms with van der Waals surface area (Å²) in [6.07, 6.45) is 53.5. The molecule has 0 aromatic heterocycles. The number of aliphatic hydroxyl groups is 2. The highest BCUT2D eigenvalue weighted by Gasteiger charge is 2.18. The Bertz CT molecular complexity index is 847. The molecule has 0 saturated carbocycles. The average molecular weight is 806 g/mol. The van der Waals surface area contributed by atoms with Crippen LogP contribution in [0.4, 0.5) is 0 Å². The molecule has 0 saturated heterocycles. The molecule has 0 rings (SSSR count). The molecule has 2 unspecified atom stereocenters. The van der Waals surface area contributed by atoms with E-state index in [9.17, 15) is 19.8 Å². The van der Waals surface area contributed by atoms with Crippen LogP contribution in [-0.4, -0.2) is 47.4 Å². The molecule has 3 N–H and O–H groups in total. The first-order chi connectivity index (χ1) is 28.0. The number of rotatable bonds is 47. The van der Waals surface area contributed by atoms with E-state index in [0.29, 0.717) is 19.4 Å². The second-order valence-corrected chi connectivity index (χ2v) is 17.5. The fraction of sp³-hybridized carbons (Fsp3) is 0.922. The molecule has 57 heavy (non-hydrogen) atoms. The Hall–Kier alpha value is -1.40. The van der Waals surface area contributed by atoms with Gasteiger partial charge in [-0.3, -0.25) is 9.59 Å². The van der Waals surface area contributed by atoms with Crippen LogP contribution in [0.1, 0.15) is 277 Å². The SMILES string of the molecule is CCCCCCCCCCC/C=C/C(O)C(CO)NC(=O)CCCCCCCCCCCCCCOC(=O)CCCCCCCCCCCCCCCCCCC. The van der Waals surface area contributed by atoms with Crippen LogP contribution in [0.25, 0.3) is 0 Å². The third-order valence-electron chi connectivity index (χ3n) is 11.8. The monoisotopic (exact) mass is 806 g/mol. The van der Waals surface area contributed by atoms with Gasteiger partial charge in [-0.1, -0.05) is 244 Å². The Kier molecular flexibility index (Phi) is 46.1. The number of nitrogens with one attached hydrogen (secondary N) is 1. The zero-order valence-corrected chi connectivity index (χ0v) is 38.3. The highest BCUT2D eigenvalue weighted by Crippen LogP contribution is 2.16. The first-order valence-corrected chi connectivity index (χ1v) is 25.5. The average Bonchev–Trinajstić information content (AvgIpc) is 3.21. The number of ether oxygens (including phenoxy) is 1. The fourth-order valence-corrected chi connectivity index (χ4v) is 7.87. The molecular weight excluding hydrogens is 707 g/mol. The van der Waals surface area contributed by atoms with E-state index in [1.54, 1.807) is 6.08 Å². The van der Waals surface area contributed by atoms with Crippen molar-refractivity contribution in [2.45, 2.75) is 289 Å². The number of carbonyl (C=O) groups excluding carboxylic acids is 2. The molecule has 0 bridgehead atoms. The van der Waals surface area contributed by atoms with Crippen molar-refractivity contribution >= 4 is 11.9 Å². The molecule has 0 spiro atoms. The molecule has 0 aliphatic carbocycles. The Morgan fingerprint density at radius 3 is 1.19 bits per heavy atom. The molecular formula is C51H99NO5. The van der Waals surface area contributed by atoms with Crippen LogP contribution in [0.3, 0.4) is 0 Å². The molecule has 6 heteroatoms. The number of amides is 1. The van der Waals surface area contributed by atoms with E-state index in [1.807, 2.05) is 6.08 Å². The van der Waals surface area contributed by atoms with Crippen molar-refractivity contribution in [1.29, 1.82) is 0 Å². The van der Waals surface area contributed by atoms with E-state index in [4.69, 9.17) is 4.74 Å². The third kappa shape index (κ3) is 44.0. The van der Waals surface area contributed by atoms with Crippen LogP contribution in [0.15, 0.2) is 12.2 Å². The quantitative estimate of drug-likeness (QED) is 0.0323. The second kappa shape index (κ2) is 47.3. The maximum Gasteiger partial charge on any atom is 0.305 e. The van der Waals surface area contributed by atoms with Gasteiger partial charge in [0.05, 0.1) is 25.4 Å². The predicted octanol–water partition coefficient (Wildman–Crippen LogP) is 15.0. The summed E-state index contributed by atoms with van der Waals surface area (Å²) in [4.78, 5) is 24.4. The van der Waals surface area contributed by atoms with Gasteiger partial charge in [-0.2, -0.15) is 0 Å². The Morgan fingerprint density at radius 2 is 0.807 bits per heavy atom. The third-order valence-corrected chi connectivity index (χ3v) is 11.8. The minimum Gasteiger partial charge on any atom is -0.466 e. The normalized spacial score (nSPS) is 12.7. The van der Waals surface area contributed by atoms with Crippen LogP contribution in [0, 0.1) is 0 Å². The summed E-state index contributed by atoms with van der Waals surface area (Å²) in [5.74, 6) is -0.0911. The lowest BCUT2D eigenvalue weighted by molar-refractivity contribution is -0.143. The van der Waals surface area contributed by atoms with E-state index >= 15 is 0 Å². The van der Waals surface area contributed by atoms with Crippen LogP contribution in [0.2, 0.25) is 0 Å². The fourth-order valence-electron chi connectivity index (χ4n) is 7.87. The number of aliphatic hydroxyl groups excluding tert-OH is 2. The van der Waals surface area contributed by atoms with Crippen LogP contribution >= 0.6 is 0 Å². The smallest absolute Gasteiger partial charge is 0.305 e. The maximum absolute atomic E-state index is 12.4. The molecule has 0 aliphatic heterocycles. The summed E-state index contributed by atoms with van der Waals surface area (Å²) in [5, 5.41) is 22.9. The molecule has 6 nitrogen and oxygen atoms in total. The summed E-state index contributed by atoms with van der Waals surface area (Å²) in [6.45, 7) is 4.86. The van der Waals surface area contributed by atoms with Crippen molar-refractivity contribution in [3.05, 3.63) is 12.2 Å². The topological polar surface area (TPSA) is 95.9 Å². The van der Waals surface area contributed by atoms with Gasteiger partial charge in [-0.15, -0.1) is 0 Å². The van der Waals surface area contributed by atoms with Gasteiger partial charge in [0.1, 0.15) is 0 Å². The first-order valence-electron chi connectivity index (χ1n) is 25.5. The molecule has 0 heterocycles. The highest BCUT2D eigenvalue weighted by molar-refractivity contribution is 5.76.